The smallest absolute Gasteiger partial charge is 0.427 e. The second-order valence-corrected chi connectivity index (χ2v) is 4.95. The molecule has 2 rings (SSSR count). The zero-order chi connectivity index (χ0) is 18.9. The lowest BCUT2D eigenvalue weighted by molar-refractivity contribution is -0.385. The van der Waals surface area contributed by atoms with Crippen molar-refractivity contribution in [2.24, 2.45) is 5.10 Å². The standard InChI is InChI=1S/C17H17N3O6/c1-24-16-9-12(10-18-19-17(21)25-2)7-8-15(16)26-11-13-5-3-4-6-14(13)20(22)23/h3-10H,11H2,1-2H3,(H,19,21)/b18-10+. The van der Waals surface area contributed by atoms with E-state index in [0.717, 1.165) is 0 Å². The number of nitrogens with zero attached hydrogens (tertiary/aromatic N) is 2. The lowest BCUT2D eigenvalue weighted by Crippen LogP contribution is -2.16. The molecule has 0 aromatic heterocycles. The number of nitro benzene ring substituents is 1. The number of carbonyl (C=O) groups excluding carboxylic acids is 1. The Labute approximate surface area is 149 Å². The van der Waals surface area contributed by atoms with Crippen molar-refractivity contribution in [1.82, 2.24) is 5.43 Å². The summed E-state index contributed by atoms with van der Waals surface area (Å²) >= 11 is 0. The molecule has 0 heterocycles. The highest BCUT2D eigenvalue weighted by Gasteiger charge is 2.14. The van der Waals surface area contributed by atoms with Crippen LogP contribution in [0.15, 0.2) is 47.6 Å². The van der Waals surface area contributed by atoms with Crippen LogP contribution >= 0.6 is 0 Å². The van der Waals surface area contributed by atoms with E-state index in [2.05, 4.69) is 15.3 Å². The van der Waals surface area contributed by atoms with Gasteiger partial charge in [-0.05, 0) is 29.8 Å². The number of benzene rings is 2. The highest BCUT2D eigenvalue weighted by molar-refractivity contribution is 5.82. The summed E-state index contributed by atoms with van der Waals surface area (Å²) in [6.45, 7) is 0.0187. The molecule has 0 radical (unpaired) electrons. The van der Waals surface area contributed by atoms with Crippen LogP contribution in [0.1, 0.15) is 11.1 Å². The zero-order valence-corrected chi connectivity index (χ0v) is 14.2. The van der Waals surface area contributed by atoms with E-state index in [1.54, 1.807) is 36.4 Å². The fraction of sp³-hybridized carbons (Fsp3) is 0.176. The SMILES string of the molecule is COC(=O)N/N=C/c1ccc(OCc2ccccc2[N+](=O)[O-])c(OC)c1. The van der Waals surface area contributed by atoms with Crippen molar-refractivity contribution >= 4 is 18.0 Å². The van der Waals surface area contributed by atoms with Crippen molar-refractivity contribution in [2.45, 2.75) is 6.61 Å². The first-order valence-electron chi connectivity index (χ1n) is 7.45. The van der Waals surface area contributed by atoms with Crippen LogP contribution in [0.5, 0.6) is 11.5 Å². The molecule has 2 aromatic carbocycles. The number of para-hydroxylation sites is 1. The Morgan fingerprint density at radius 2 is 2.00 bits per heavy atom. The molecule has 0 unspecified atom stereocenters. The number of methoxy groups -OCH3 is 2. The zero-order valence-electron chi connectivity index (χ0n) is 14.2. The van der Waals surface area contributed by atoms with E-state index >= 15 is 0 Å². The van der Waals surface area contributed by atoms with E-state index in [1.807, 2.05) is 0 Å². The van der Waals surface area contributed by atoms with Crippen LogP contribution in [0.4, 0.5) is 10.5 Å². The van der Waals surface area contributed by atoms with Gasteiger partial charge in [-0.2, -0.15) is 5.10 Å². The maximum Gasteiger partial charge on any atom is 0.427 e. The van der Waals surface area contributed by atoms with E-state index in [4.69, 9.17) is 9.47 Å². The maximum absolute atomic E-state index is 11.0. The third-order valence-electron chi connectivity index (χ3n) is 3.31. The van der Waals surface area contributed by atoms with Crippen LogP contribution in [-0.4, -0.2) is 31.5 Å². The van der Waals surface area contributed by atoms with Gasteiger partial charge in [-0.25, -0.2) is 10.2 Å². The number of carbonyl (C=O) groups is 1. The second kappa shape index (κ2) is 9.02. The lowest BCUT2D eigenvalue weighted by Gasteiger charge is -2.11. The van der Waals surface area contributed by atoms with Crippen LogP contribution < -0.4 is 14.9 Å². The predicted molar refractivity (Wildman–Crippen MR) is 93.6 cm³/mol. The summed E-state index contributed by atoms with van der Waals surface area (Å²) in [5, 5.41) is 14.8. The number of hydrogen-bond acceptors (Lipinski definition) is 7. The molecule has 1 N–H and O–H groups in total. The van der Waals surface area contributed by atoms with E-state index in [1.165, 1.54) is 26.5 Å². The minimum Gasteiger partial charge on any atom is -0.493 e. The molecular formula is C17H17N3O6. The molecule has 0 aliphatic carbocycles. The molecular weight excluding hydrogens is 342 g/mol. The van der Waals surface area contributed by atoms with Gasteiger partial charge in [0.15, 0.2) is 11.5 Å². The molecule has 0 aliphatic heterocycles. The summed E-state index contributed by atoms with van der Waals surface area (Å²) in [5.41, 5.74) is 3.26. The van der Waals surface area contributed by atoms with Gasteiger partial charge in [0.1, 0.15) is 6.61 Å². The predicted octanol–water partition coefficient (Wildman–Crippen LogP) is 2.87. The molecule has 0 atom stereocenters. The molecule has 136 valence electrons. The Bertz CT molecular complexity index is 822. The average molecular weight is 359 g/mol. The molecule has 0 saturated heterocycles. The van der Waals surface area contributed by atoms with Gasteiger partial charge in [0.25, 0.3) is 5.69 Å². The Hall–Kier alpha value is -3.62. The maximum atomic E-state index is 11.0. The normalized spacial score (nSPS) is 10.4. The van der Waals surface area contributed by atoms with Gasteiger partial charge in [0.2, 0.25) is 0 Å². The summed E-state index contributed by atoms with van der Waals surface area (Å²) in [4.78, 5) is 21.5. The van der Waals surface area contributed by atoms with E-state index in [-0.39, 0.29) is 12.3 Å². The van der Waals surface area contributed by atoms with E-state index in [9.17, 15) is 14.9 Å². The Balaban J connectivity index is 2.11. The van der Waals surface area contributed by atoms with Gasteiger partial charge < -0.3 is 14.2 Å². The van der Waals surface area contributed by atoms with Crippen molar-refractivity contribution in [3.63, 3.8) is 0 Å². The summed E-state index contributed by atoms with van der Waals surface area (Å²) in [7, 11) is 2.71. The van der Waals surface area contributed by atoms with Gasteiger partial charge in [0.05, 0.1) is 30.9 Å². The minimum absolute atomic E-state index is 0.0101. The van der Waals surface area contributed by atoms with E-state index < -0.39 is 11.0 Å². The third kappa shape index (κ3) is 4.94. The molecule has 0 saturated carbocycles. The van der Waals surface area contributed by atoms with Crippen LogP contribution in [0.2, 0.25) is 0 Å². The Kier molecular flexibility index (Phi) is 6.49. The minimum atomic E-state index is -0.683. The number of hydrogen-bond donors (Lipinski definition) is 1. The molecule has 0 spiro atoms. The Morgan fingerprint density at radius 3 is 2.69 bits per heavy atom. The molecule has 0 aliphatic rings. The van der Waals surface area contributed by atoms with E-state index in [0.29, 0.717) is 22.6 Å². The van der Waals surface area contributed by atoms with Gasteiger partial charge in [-0.1, -0.05) is 12.1 Å². The van der Waals surface area contributed by atoms with Crippen molar-refractivity contribution in [2.75, 3.05) is 14.2 Å². The monoisotopic (exact) mass is 359 g/mol. The lowest BCUT2D eigenvalue weighted by atomic mass is 10.2. The number of amides is 1. The highest BCUT2D eigenvalue weighted by Crippen LogP contribution is 2.29. The molecule has 2 aromatic rings. The van der Waals surface area contributed by atoms with Crippen LogP contribution in [0.3, 0.4) is 0 Å². The Morgan fingerprint density at radius 1 is 1.23 bits per heavy atom. The number of rotatable bonds is 7. The number of nitro groups is 1. The summed E-state index contributed by atoms with van der Waals surface area (Å²) < 4.78 is 15.3. The topological polar surface area (TPSA) is 112 Å². The third-order valence-corrected chi connectivity index (χ3v) is 3.31. The van der Waals surface area contributed by atoms with Gasteiger partial charge in [-0.3, -0.25) is 10.1 Å². The first-order chi connectivity index (χ1) is 12.5. The first-order valence-corrected chi connectivity index (χ1v) is 7.45. The fourth-order valence-electron chi connectivity index (χ4n) is 2.06. The number of ether oxygens (including phenoxy) is 3. The molecule has 9 heteroatoms. The number of hydrazone groups is 1. The summed E-state index contributed by atoms with van der Waals surface area (Å²) in [5.74, 6) is 0.842. The quantitative estimate of drug-likeness (QED) is 0.462. The van der Waals surface area contributed by atoms with Crippen molar-refractivity contribution in [3.8, 4) is 11.5 Å². The summed E-state index contributed by atoms with van der Waals surface area (Å²) in [6, 6.07) is 11.3. The average Bonchev–Trinajstić information content (AvgIpc) is 2.66. The fourth-order valence-corrected chi connectivity index (χ4v) is 2.06. The van der Waals surface area contributed by atoms with Gasteiger partial charge in [0, 0.05) is 6.07 Å². The molecule has 0 fully saturated rings. The van der Waals surface area contributed by atoms with Crippen LogP contribution in [-0.2, 0) is 11.3 Å². The van der Waals surface area contributed by atoms with Crippen molar-refractivity contribution in [3.05, 3.63) is 63.7 Å². The highest BCUT2D eigenvalue weighted by atomic mass is 16.6. The van der Waals surface area contributed by atoms with Crippen LogP contribution in [0, 0.1) is 10.1 Å². The van der Waals surface area contributed by atoms with Crippen molar-refractivity contribution < 1.29 is 23.9 Å². The van der Waals surface area contributed by atoms with Gasteiger partial charge in [-0.15, -0.1) is 0 Å². The largest absolute Gasteiger partial charge is 0.493 e. The van der Waals surface area contributed by atoms with Crippen molar-refractivity contribution in [1.29, 1.82) is 0 Å². The summed E-state index contributed by atoms with van der Waals surface area (Å²) in [6.07, 6.45) is 0.725. The first kappa shape index (κ1) is 18.7. The van der Waals surface area contributed by atoms with Gasteiger partial charge >= 0.3 is 6.09 Å². The van der Waals surface area contributed by atoms with Crippen LogP contribution in [0.25, 0.3) is 0 Å². The number of nitrogens with one attached hydrogen (secondary N) is 1. The molecule has 9 nitrogen and oxygen atoms in total. The molecule has 26 heavy (non-hydrogen) atoms. The molecule has 0 bridgehead atoms. The second-order valence-electron chi connectivity index (χ2n) is 4.95. The molecule has 1 amide bonds.